The number of benzene rings is 2. The lowest BCUT2D eigenvalue weighted by Crippen LogP contribution is -2.17. The Labute approximate surface area is 116 Å². The van der Waals surface area contributed by atoms with Crippen LogP contribution < -0.4 is 5.32 Å². The van der Waals surface area contributed by atoms with Crippen molar-refractivity contribution in [3.8, 4) is 5.75 Å². The van der Waals surface area contributed by atoms with Crippen LogP contribution in [0, 0.1) is 0 Å². The number of hydrogen-bond acceptors (Lipinski definition) is 2. The minimum atomic E-state index is 0.298. The molecule has 0 aliphatic rings. The molecule has 0 heterocycles. The number of halogens is 1. The number of aromatic hydroxyl groups is 1. The van der Waals surface area contributed by atoms with Crippen LogP contribution in [0.4, 0.5) is 0 Å². The third-order valence-electron chi connectivity index (χ3n) is 2.92. The molecule has 18 heavy (non-hydrogen) atoms. The average Bonchev–Trinajstić information content (AvgIpc) is 2.38. The van der Waals surface area contributed by atoms with Gasteiger partial charge in [-0.25, -0.2) is 0 Å². The molecule has 3 heteroatoms. The van der Waals surface area contributed by atoms with Crippen LogP contribution in [0.3, 0.4) is 0 Å². The number of nitrogens with one attached hydrogen (secondary N) is 1. The average molecular weight is 306 g/mol. The maximum atomic E-state index is 9.21. The van der Waals surface area contributed by atoms with Gasteiger partial charge >= 0.3 is 0 Å². The van der Waals surface area contributed by atoms with E-state index in [0.717, 1.165) is 16.6 Å². The Hall–Kier alpha value is -1.32. The molecule has 0 unspecified atom stereocenters. The van der Waals surface area contributed by atoms with Crippen molar-refractivity contribution in [3.63, 3.8) is 0 Å². The van der Waals surface area contributed by atoms with E-state index in [-0.39, 0.29) is 0 Å². The van der Waals surface area contributed by atoms with Gasteiger partial charge in [0.1, 0.15) is 5.75 Å². The lowest BCUT2D eigenvalue weighted by atomic mass is 10.1. The highest BCUT2D eigenvalue weighted by atomic mass is 79.9. The first-order valence-electron chi connectivity index (χ1n) is 5.92. The maximum absolute atomic E-state index is 9.21. The van der Waals surface area contributed by atoms with Crippen LogP contribution in [0.1, 0.15) is 24.1 Å². The first-order chi connectivity index (χ1) is 8.65. The normalized spacial score (nSPS) is 12.3. The summed E-state index contributed by atoms with van der Waals surface area (Å²) in [5, 5.41) is 12.7. The summed E-state index contributed by atoms with van der Waals surface area (Å²) < 4.78 is 1.09. The van der Waals surface area contributed by atoms with E-state index in [4.69, 9.17) is 0 Å². The van der Waals surface area contributed by atoms with Crippen molar-refractivity contribution >= 4 is 15.9 Å². The zero-order valence-electron chi connectivity index (χ0n) is 10.2. The summed E-state index contributed by atoms with van der Waals surface area (Å²) in [5.41, 5.74) is 2.42. The molecule has 2 nitrogen and oxygen atoms in total. The molecule has 0 bridgehead atoms. The van der Waals surface area contributed by atoms with Gasteiger partial charge in [0, 0.05) is 17.1 Å². The summed E-state index contributed by atoms with van der Waals surface area (Å²) in [6.07, 6.45) is 0. The highest BCUT2D eigenvalue weighted by molar-refractivity contribution is 9.10. The summed E-state index contributed by atoms with van der Waals surface area (Å²) in [5.74, 6) is 0.305. The number of rotatable bonds is 4. The summed E-state index contributed by atoms with van der Waals surface area (Å²) >= 11 is 3.43. The fourth-order valence-electron chi connectivity index (χ4n) is 1.75. The van der Waals surface area contributed by atoms with Crippen LogP contribution in [0.2, 0.25) is 0 Å². The van der Waals surface area contributed by atoms with Gasteiger partial charge in [-0.3, -0.25) is 0 Å². The van der Waals surface area contributed by atoms with E-state index in [9.17, 15) is 5.11 Å². The minimum Gasteiger partial charge on any atom is -0.508 e. The fraction of sp³-hybridized carbons (Fsp3) is 0.200. The summed E-state index contributed by atoms with van der Waals surface area (Å²) in [4.78, 5) is 0. The van der Waals surface area contributed by atoms with Gasteiger partial charge in [0.05, 0.1) is 0 Å². The first kappa shape index (κ1) is 13.1. The predicted octanol–water partition coefficient (Wildman–Crippen LogP) is 4.01. The Balaban J connectivity index is 1.93. The molecule has 0 saturated carbocycles. The standard InChI is InChI=1S/C15H16BrNO/c1-11(13-4-6-14(16)7-5-13)17-10-12-2-8-15(18)9-3-12/h2-9,11,17-18H,10H2,1H3/t11-/m0/s1. The zero-order valence-corrected chi connectivity index (χ0v) is 11.8. The van der Waals surface area contributed by atoms with E-state index in [1.165, 1.54) is 5.56 Å². The molecule has 94 valence electrons. The molecular formula is C15H16BrNO. The van der Waals surface area contributed by atoms with Gasteiger partial charge in [0.25, 0.3) is 0 Å². The van der Waals surface area contributed by atoms with Crippen molar-refractivity contribution < 1.29 is 5.11 Å². The SMILES string of the molecule is C[C@H](NCc1ccc(O)cc1)c1ccc(Br)cc1. The van der Waals surface area contributed by atoms with E-state index in [2.05, 4.69) is 40.3 Å². The van der Waals surface area contributed by atoms with Crippen molar-refractivity contribution in [1.29, 1.82) is 0 Å². The van der Waals surface area contributed by atoms with Crippen molar-refractivity contribution in [2.45, 2.75) is 19.5 Å². The van der Waals surface area contributed by atoms with Gasteiger partial charge in [0.2, 0.25) is 0 Å². The van der Waals surface area contributed by atoms with Gasteiger partial charge < -0.3 is 10.4 Å². The molecule has 0 aliphatic carbocycles. The summed E-state index contributed by atoms with van der Waals surface area (Å²) in [7, 11) is 0. The molecule has 0 aromatic heterocycles. The molecule has 0 radical (unpaired) electrons. The Kier molecular flexibility index (Phi) is 4.39. The monoisotopic (exact) mass is 305 g/mol. The van der Waals surface area contributed by atoms with Gasteiger partial charge in [-0.05, 0) is 42.3 Å². The largest absolute Gasteiger partial charge is 0.508 e. The summed E-state index contributed by atoms with van der Waals surface area (Å²) in [6, 6.07) is 15.9. The molecule has 2 rings (SSSR count). The third-order valence-corrected chi connectivity index (χ3v) is 3.45. The Morgan fingerprint density at radius 3 is 2.28 bits per heavy atom. The van der Waals surface area contributed by atoms with E-state index >= 15 is 0 Å². The van der Waals surface area contributed by atoms with Crippen molar-refractivity contribution in [2.75, 3.05) is 0 Å². The maximum Gasteiger partial charge on any atom is 0.115 e. The van der Waals surface area contributed by atoms with Crippen molar-refractivity contribution in [3.05, 3.63) is 64.1 Å². The lowest BCUT2D eigenvalue weighted by molar-refractivity contribution is 0.474. The van der Waals surface area contributed by atoms with Gasteiger partial charge in [0.15, 0.2) is 0 Å². The van der Waals surface area contributed by atoms with E-state index in [1.807, 2.05) is 24.3 Å². The van der Waals surface area contributed by atoms with Gasteiger partial charge in [-0.2, -0.15) is 0 Å². The fourth-order valence-corrected chi connectivity index (χ4v) is 2.02. The second-order valence-electron chi connectivity index (χ2n) is 4.32. The Morgan fingerprint density at radius 1 is 1.06 bits per heavy atom. The van der Waals surface area contributed by atoms with Crippen LogP contribution >= 0.6 is 15.9 Å². The predicted molar refractivity (Wildman–Crippen MR) is 77.5 cm³/mol. The summed E-state index contributed by atoms with van der Waals surface area (Å²) in [6.45, 7) is 2.93. The highest BCUT2D eigenvalue weighted by Crippen LogP contribution is 2.17. The smallest absolute Gasteiger partial charge is 0.115 e. The molecule has 0 amide bonds. The molecule has 0 fully saturated rings. The van der Waals surface area contributed by atoms with Gasteiger partial charge in [-0.1, -0.05) is 40.2 Å². The number of hydrogen-bond donors (Lipinski definition) is 2. The minimum absolute atomic E-state index is 0.298. The Bertz CT molecular complexity index is 493. The third kappa shape index (κ3) is 3.59. The molecule has 2 N–H and O–H groups in total. The topological polar surface area (TPSA) is 32.3 Å². The van der Waals surface area contributed by atoms with Crippen LogP contribution in [0.15, 0.2) is 53.0 Å². The van der Waals surface area contributed by atoms with Crippen molar-refractivity contribution in [2.24, 2.45) is 0 Å². The van der Waals surface area contributed by atoms with Gasteiger partial charge in [-0.15, -0.1) is 0 Å². The molecular weight excluding hydrogens is 290 g/mol. The highest BCUT2D eigenvalue weighted by Gasteiger charge is 2.04. The molecule has 1 atom stereocenters. The van der Waals surface area contributed by atoms with Crippen LogP contribution in [0.25, 0.3) is 0 Å². The molecule has 2 aromatic rings. The molecule has 0 aliphatic heterocycles. The van der Waals surface area contributed by atoms with E-state index in [0.29, 0.717) is 11.8 Å². The second-order valence-corrected chi connectivity index (χ2v) is 5.24. The quantitative estimate of drug-likeness (QED) is 0.894. The van der Waals surface area contributed by atoms with Crippen LogP contribution in [0.5, 0.6) is 5.75 Å². The number of phenols is 1. The van der Waals surface area contributed by atoms with Crippen LogP contribution in [-0.4, -0.2) is 5.11 Å². The number of phenolic OH excluding ortho intramolecular Hbond substituents is 1. The molecule has 0 spiro atoms. The Morgan fingerprint density at radius 2 is 1.67 bits per heavy atom. The van der Waals surface area contributed by atoms with E-state index in [1.54, 1.807) is 12.1 Å². The van der Waals surface area contributed by atoms with Crippen molar-refractivity contribution in [1.82, 2.24) is 5.32 Å². The molecule has 0 saturated heterocycles. The lowest BCUT2D eigenvalue weighted by Gasteiger charge is -2.14. The first-order valence-corrected chi connectivity index (χ1v) is 6.71. The molecule has 2 aromatic carbocycles. The van der Waals surface area contributed by atoms with Crippen LogP contribution in [-0.2, 0) is 6.54 Å². The van der Waals surface area contributed by atoms with E-state index < -0.39 is 0 Å². The zero-order chi connectivity index (χ0) is 13.0. The second kappa shape index (κ2) is 6.03.